The van der Waals surface area contributed by atoms with Gasteiger partial charge in [0.05, 0.1) is 22.3 Å². The first-order chi connectivity index (χ1) is 31.5. The monoisotopic (exact) mass is 785 g/mol. The van der Waals surface area contributed by atoms with Crippen molar-refractivity contribution in [3.8, 4) is 78.6 Å². The number of pyridine rings is 1. The van der Waals surface area contributed by atoms with E-state index in [9.17, 15) is 5.11 Å². The van der Waals surface area contributed by atoms with Crippen LogP contribution < -0.4 is 0 Å². The van der Waals surface area contributed by atoms with Crippen molar-refractivity contribution < 1.29 is 13.3 Å². The number of rotatable bonds is 9. The van der Waals surface area contributed by atoms with Crippen LogP contribution in [0.1, 0.15) is 70.0 Å². The lowest BCUT2D eigenvalue weighted by Crippen LogP contribution is -2.02. The fraction of sp³-hybridized carbons (Fsp3) is 0.143. The molecule has 0 radical (unpaired) electrons. The molecule has 0 aliphatic carbocycles. The van der Waals surface area contributed by atoms with Crippen LogP contribution in [0.15, 0.2) is 170 Å². The molecule has 60 heavy (non-hydrogen) atoms. The zero-order valence-electron chi connectivity index (χ0n) is 40.1. The Bertz CT molecular complexity index is 3230. The highest BCUT2D eigenvalue weighted by molar-refractivity contribution is 5.98. The summed E-state index contributed by atoms with van der Waals surface area (Å²) in [7, 11) is 0. The summed E-state index contributed by atoms with van der Waals surface area (Å²) in [5, 5.41) is 12.2. The van der Waals surface area contributed by atoms with Crippen LogP contribution in [0.2, 0.25) is 0 Å². The molecule has 0 bridgehead atoms. The zero-order valence-corrected chi connectivity index (χ0v) is 34.1. The van der Waals surface area contributed by atoms with Gasteiger partial charge in [0.25, 0.3) is 0 Å². The molecule has 0 atom stereocenters. The van der Waals surface area contributed by atoms with Gasteiger partial charge in [0.2, 0.25) is 0 Å². The predicted octanol–water partition coefficient (Wildman–Crippen LogP) is 15.0. The number of para-hydroxylation sites is 1. The summed E-state index contributed by atoms with van der Waals surface area (Å²) in [6.45, 7) is 3.78. The number of hydrogen-bond acceptors (Lipinski definition) is 3. The number of benzene rings is 7. The van der Waals surface area contributed by atoms with E-state index in [0.717, 1.165) is 72.4 Å². The van der Waals surface area contributed by atoms with E-state index in [0.29, 0.717) is 22.6 Å². The Hall–Kier alpha value is -7.04. The Morgan fingerprint density at radius 1 is 0.517 bits per heavy atom. The minimum absolute atomic E-state index is 0.0132. The van der Waals surface area contributed by atoms with Gasteiger partial charge in [0.1, 0.15) is 11.6 Å². The number of aromatic hydroxyl groups is 1. The normalized spacial score (nSPS) is 13.4. The van der Waals surface area contributed by atoms with Crippen LogP contribution in [0.25, 0.3) is 83.9 Å². The SMILES string of the molecule is [2H]C([2H])([2H])c1ccc(-c2ccnc(-c3cc(-c4ccccc4)cc(-c4cccc5c4nc(-c4cc(C(C)C)cc(C(C)C)c4O)n5-c4cc(-c5ccccc5)cc(C([2H])([2H])[2H])c4)c3)c2)cc1. The van der Waals surface area contributed by atoms with E-state index in [1.807, 2.05) is 108 Å². The number of hydrogen-bond donors (Lipinski definition) is 1. The number of aryl methyl sites for hydroxylation is 2. The first kappa shape index (κ1) is 31.9. The van der Waals surface area contributed by atoms with Crippen molar-refractivity contribution in [2.45, 2.75) is 53.2 Å². The zero-order chi connectivity index (χ0) is 46.5. The highest BCUT2D eigenvalue weighted by Gasteiger charge is 2.24. The van der Waals surface area contributed by atoms with Gasteiger partial charge in [0.15, 0.2) is 0 Å². The van der Waals surface area contributed by atoms with Crippen LogP contribution in [0.3, 0.4) is 0 Å². The van der Waals surface area contributed by atoms with Crippen LogP contribution >= 0.6 is 0 Å². The summed E-state index contributed by atoms with van der Waals surface area (Å²) in [6.07, 6.45) is 1.77. The number of fused-ring (bicyclic) bond motifs is 1. The molecule has 1 N–H and O–H groups in total. The Kier molecular flexibility index (Phi) is 8.48. The highest BCUT2D eigenvalue weighted by Crippen LogP contribution is 2.43. The number of nitrogens with zero attached hydrogens (tertiary/aromatic N) is 3. The molecule has 0 fully saturated rings. The van der Waals surface area contributed by atoms with Gasteiger partial charge in [-0.15, -0.1) is 0 Å². The first-order valence-electron chi connectivity index (χ1n) is 23.4. The predicted molar refractivity (Wildman–Crippen MR) is 251 cm³/mol. The molecule has 0 spiro atoms. The van der Waals surface area contributed by atoms with Gasteiger partial charge in [-0.25, -0.2) is 4.98 Å². The van der Waals surface area contributed by atoms with Crippen LogP contribution in [0.4, 0.5) is 0 Å². The quantitative estimate of drug-likeness (QED) is 0.159. The molecule has 294 valence electrons. The van der Waals surface area contributed by atoms with Gasteiger partial charge in [-0.1, -0.05) is 142 Å². The molecule has 0 saturated heterocycles. The maximum absolute atomic E-state index is 12.2. The van der Waals surface area contributed by atoms with Gasteiger partial charge in [0, 0.05) is 31.2 Å². The molecular weight excluding hydrogens is 731 g/mol. The summed E-state index contributed by atoms with van der Waals surface area (Å²) in [5.41, 5.74) is 13.6. The molecule has 7 aromatic carbocycles. The van der Waals surface area contributed by atoms with Crippen LogP contribution in [0, 0.1) is 13.7 Å². The van der Waals surface area contributed by atoms with E-state index in [2.05, 4.69) is 64.1 Å². The number of aromatic nitrogens is 3. The Balaban J connectivity index is 1.31. The molecule has 0 aliphatic heterocycles. The smallest absolute Gasteiger partial charge is 0.149 e. The van der Waals surface area contributed by atoms with Gasteiger partial charge < -0.3 is 5.11 Å². The number of imidazole rings is 1. The van der Waals surface area contributed by atoms with Gasteiger partial charge in [-0.2, -0.15) is 0 Å². The van der Waals surface area contributed by atoms with Gasteiger partial charge in [-0.05, 0) is 136 Å². The lowest BCUT2D eigenvalue weighted by molar-refractivity contribution is 0.466. The third kappa shape index (κ3) is 7.42. The highest BCUT2D eigenvalue weighted by atomic mass is 16.3. The summed E-state index contributed by atoms with van der Waals surface area (Å²) < 4.78 is 51.3. The molecule has 9 rings (SSSR count). The maximum atomic E-state index is 12.2. The minimum atomic E-state index is -2.41. The van der Waals surface area contributed by atoms with Crippen molar-refractivity contribution in [1.82, 2.24) is 14.5 Å². The average Bonchev–Trinajstić information content (AvgIpc) is 3.71. The second kappa shape index (κ2) is 16.0. The third-order valence-corrected chi connectivity index (χ3v) is 11.3. The molecule has 9 aromatic rings. The van der Waals surface area contributed by atoms with E-state index in [-0.39, 0.29) is 28.7 Å². The Morgan fingerprint density at radius 3 is 1.87 bits per heavy atom. The second-order valence-corrected chi connectivity index (χ2v) is 16.1. The molecule has 4 nitrogen and oxygen atoms in total. The molecule has 2 aromatic heterocycles. The van der Waals surface area contributed by atoms with E-state index in [1.165, 1.54) is 0 Å². The number of phenols is 1. The second-order valence-electron chi connectivity index (χ2n) is 16.1. The van der Waals surface area contributed by atoms with E-state index in [4.69, 9.17) is 18.2 Å². The van der Waals surface area contributed by atoms with E-state index >= 15 is 0 Å². The van der Waals surface area contributed by atoms with Crippen molar-refractivity contribution in [1.29, 1.82) is 0 Å². The standard InChI is InChI=1S/C56H49N3O/c1-35(2)43-32-50(36(3)4)55(60)51(33-43)56-58-54-49(18-13-19-53(54)59(56)48-27-38(6)26-44(31-48)39-14-9-7-10-15-39)46-28-45(40-16-11-8-12-17-40)29-47(30-46)52-34-42(24-25-57-52)41-22-20-37(5)21-23-41/h7-36,60H,1-6H3/i5D3,6D3. The number of phenolic OH excluding ortho intramolecular Hbond substituents is 1. The Labute approximate surface area is 362 Å². The summed E-state index contributed by atoms with van der Waals surface area (Å²) in [4.78, 5) is 10.3. The lowest BCUT2D eigenvalue weighted by atomic mass is 9.91. The minimum Gasteiger partial charge on any atom is -0.507 e. The first-order valence-corrected chi connectivity index (χ1v) is 20.4. The largest absolute Gasteiger partial charge is 0.507 e. The Morgan fingerprint density at radius 2 is 1.18 bits per heavy atom. The molecule has 0 amide bonds. The molecule has 4 heteroatoms. The van der Waals surface area contributed by atoms with Crippen LogP contribution in [0.5, 0.6) is 5.75 Å². The maximum Gasteiger partial charge on any atom is 0.149 e. The van der Waals surface area contributed by atoms with E-state index in [1.54, 1.807) is 30.5 Å². The van der Waals surface area contributed by atoms with Crippen molar-refractivity contribution in [3.05, 3.63) is 192 Å². The molecule has 0 aliphatic rings. The molecule has 2 heterocycles. The summed E-state index contributed by atoms with van der Waals surface area (Å²) in [6, 6.07) is 52.8. The van der Waals surface area contributed by atoms with Crippen molar-refractivity contribution in [3.63, 3.8) is 0 Å². The average molecular weight is 786 g/mol. The van der Waals surface area contributed by atoms with Crippen LogP contribution in [-0.2, 0) is 0 Å². The molecule has 0 unspecified atom stereocenters. The fourth-order valence-corrected chi connectivity index (χ4v) is 8.09. The molecular formula is C56H49N3O. The van der Waals surface area contributed by atoms with E-state index < -0.39 is 13.7 Å². The fourth-order valence-electron chi connectivity index (χ4n) is 8.09. The lowest BCUT2D eigenvalue weighted by Gasteiger charge is -2.18. The van der Waals surface area contributed by atoms with Crippen molar-refractivity contribution in [2.75, 3.05) is 0 Å². The van der Waals surface area contributed by atoms with Crippen LogP contribution in [-0.4, -0.2) is 19.6 Å². The van der Waals surface area contributed by atoms with Crippen molar-refractivity contribution >= 4 is 11.0 Å². The topological polar surface area (TPSA) is 50.9 Å². The third-order valence-electron chi connectivity index (χ3n) is 11.3. The summed E-state index contributed by atoms with van der Waals surface area (Å²) >= 11 is 0. The van der Waals surface area contributed by atoms with Crippen molar-refractivity contribution in [2.24, 2.45) is 0 Å². The molecule has 0 saturated carbocycles. The van der Waals surface area contributed by atoms with Gasteiger partial charge in [-0.3, -0.25) is 9.55 Å². The van der Waals surface area contributed by atoms with Gasteiger partial charge >= 0.3 is 0 Å². The summed E-state index contributed by atoms with van der Waals surface area (Å²) in [5.74, 6) is 0.785.